The molecule has 0 unspecified atom stereocenters. The Bertz CT molecular complexity index is 5260. The van der Waals surface area contributed by atoms with Gasteiger partial charge in [0.15, 0.2) is 29.6 Å². The summed E-state index contributed by atoms with van der Waals surface area (Å²) < 4.78 is 61.5. The van der Waals surface area contributed by atoms with E-state index < -0.39 is 41.4 Å². The van der Waals surface area contributed by atoms with Gasteiger partial charge in [-0.1, -0.05) is 13.8 Å². The van der Waals surface area contributed by atoms with Crippen molar-refractivity contribution in [2.75, 3.05) is 18.0 Å². The number of rotatable bonds is 11. The number of nitrogens with zero attached hydrogens (tertiary/aromatic N) is 18. The summed E-state index contributed by atoms with van der Waals surface area (Å²) in [4.78, 5) is 24.3. The molecule has 15 rings (SSSR count). The van der Waals surface area contributed by atoms with Crippen molar-refractivity contribution in [3.05, 3.63) is 151 Å². The van der Waals surface area contributed by atoms with E-state index in [1.54, 1.807) is 79.0 Å². The number of halogens is 3. The first-order valence-electron chi connectivity index (χ1n) is 34.7. The Labute approximate surface area is 604 Å². The summed E-state index contributed by atoms with van der Waals surface area (Å²) in [7, 11) is 1.75. The van der Waals surface area contributed by atoms with Crippen LogP contribution in [0.2, 0.25) is 0 Å². The van der Waals surface area contributed by atoms with Crippen molar-refractivity contribution in [3.63, 3.8) is 0 Å². The molecule has 542 valence electrons. The zero-order valence-corrected chi connectivity index (χ0v) is 60.9. The molecule has 14 heterocycles. The van der Waals surface area contributed by atoms with Crippen LogP contribution in [0.25, 0.3) is 89.7 Å². The molecule has 25 nitrogen and oxygen atoms in total. The Hall–Kier alpha value is -11.3. The molecular weight excluding hydrogens is 1340 g/mol. The van der Waals surface area contributed by atoms with E-state index in [0.29, 0.717) is 97.6 Å². The number of nitriles is 1. The number of aromatic hydroxyl groups is 3. The van der Waals surface area contributed by atoms with Crippen LogP contribution in [0.5, 0.6) is 29.0 Å². The second-order valence-corrected chi connectivity index (χ2v) is 30.3. The highest BCUT2D eigenvalue weighted by Gasteiger charge is 2.49. The van der Waals surface area contributed by atoms with Gasteiger partial charge < -0.3 is 44.7 Å². The first-order chi connectivity index (χ1) is 49.7. The third-order valence-corrected chi connectivity index (χ3v) is 19.0. The molecule has 6 atom stereocenters. The minimum absolute atomic E-state index is 0.0116. The Balaban J connectivity index is 0.000000140. The molecule has 0 spiro atoms. The number of alkyl halides is 2. The van der Waals surface area contributed by atoms with Crippen molar-refractivity contribution in [1.29, 1.82) is 5.26 Å². The largest absolute Gasteiger partial charge is 0.506 e. The summed E-state index contributed by atoms with van der Waals surface area (Å²) in [6.45, 7) is 27.5. The quantitative estimate of drug-likeness (QED) is 0.0803. The van der Waals surface area contributed by atoms with E-state index in [2.05, 4.69) is 101 Å². The molecule has 0 bridgehead atoms. The van der Waals surface area contributed by atoms with Gasteiger partial charge in [-0.3, -0.25) is 9.67 Å². The van der Waals surface area contributed by atoms with Crippen LogP contribution in [0.1, 0.15) is 111 Å². The van der Waals surface area contributed by atoms with Gasteiger partial charge in [-0.15, -0.1) is 30.6 Å². The van der Waals surface area contributed by atoms with Crippen molar-refractivity contribution in [2.24, 2.45) is 18.9 Å². The molecule has 0 aliphatic carbocycles. The van der Waals surface area contributed by atoms with Crippen molar-refractivity contribution >= 4 is 27.9 Å². The molecule has 1 aromatic carbocycles. The van der Waals surface area contributed by atoms with Crippen LogP contribution in [0.15, 0.2) is 122 Å². The highest BCUT2D eigenvalue weighted by atomic mass is 19.1. The van der Waals surface area contributed by atoms with Gasteiger partial charge in [0.2, 0.25) is 11.8 Å². The number of anilines is 1. The molecule has 11 aromatic heterocycles. The number of piperidine rings is 3. The summed E-state index contributed by atoms with van der Waals surface area (Å²) in [5.74, 6) is 1.91. The van der Waals surface area contributed by atoms with E-state index in [0.717, 1.165) is 52.6 Å². The van der Waals surface area contributed by atoms with Crippen molar-refractivity contribution in [1.82, 2.24) is 89.9 Å². The molecule has 0 radical (unpaired) electrons. The second kappa shape index (κ2) is 28.0. The molecular formula is C77H83F3N20O5. The molecule has 12 aromatic rings. The zero-order valence-electron chi connectivity index (χ0n) is 60.9. The van der Waals surface area contributed by atoms with Crippen LogP contribution in [0.4, 0.5) is 19.0 Å². The third-order valence-electron chi connectivity index (χ3n) is 19.0. The van der Waals surface area contributed by atoms with Crippen LogP contribution in [0.3, 0.4) is 0 Å². The maximum Gasteiger partial charge on any atom is 0.233 e. The third kappa shape index (κ3) is 15.5. The number of fused-ring (bicyclic) bond motifs is 3. The topological polar surface area (TPSA) is 312 Å². The SMILES string of the molecule is C[C@@H]1C[C@H](C)CN(c2ccc(-c3ncc(-c4cc(F)c5nn(C)cc5c4)cc3O)nn2)C1.Cc1cn2cc(-c3cnc(-c4ccc(O[C@H]5CC(C)(C)NC(C)(C)[C@H]5F)nn4)c(O)c3)cc2c(C)n1.Cc1cn2nc(-c3cnc(-c4ccc(O[C@H]5CC(C)(C)NC(C)(C)[C@H]5F)nn4)c(O)c3)cc(C#N)c2n1. The number of hydrogen-bond acceptors (Lipinski definition) is 22. The van der Waals surface area contributed by atoms with Gasteiger partial charge in [-0.25, -0.2) is 37.6 Å². The first kappa shape index (κ1) is 72.1. The van der Waals surface area contributed by atoms with E-state index >= 15 is 8.78 Å². The Morgan fingerprint density at radius 3 is 1.59 bits per heavy atom. The van der Waals surface area contributed by atoms with Crippen LogP contribution in [-0.4, -0.2) is 154 Å². The summed E-state index contributed by atoms with van der Waals surface area (Å²) in [6.07, 6.45) is 10.7. The Kier molecular flexibility index (Phi) is 19.2. The van der Waals surface area contributed by atoms with Gasteiger partial charge in [0, 0.05) is 132 Å². The number of nitrogens with one attached hydrogen (secondary N) is 2. The molecule has 3 saturated heterocycles. The van der Waals surface area contributed by atoms with Gasteiger partial charge in [-0.05, 0) is 167 Å². The Morgan fingerprint density at radius 1 is 0.562 bits per heavy atom. The monoisotopic (exact) mass is 1420 g/mol. The first-order valence-corrected chi connectivity index (χ1v) is 34.7. The van der Waals surface area contributed by atoms with Crippen molar-refractivity contribution in [3.8, 4) is 103 Å². The van der Waals surface area contributed by atoms with E-state index in [9.17, 15) is 25.0 Å². The fourth-order valence-electron chi connectivity index (χ4n) is 14.8. The Morgan fingerprint density at radius 2 is 1.08 bits per heavy atom. The smallest absolute Gasteiger partial charge is 0.233 e. The predicted octanol–water partition coefficient (Wildman–Crippen LogP) is 13.0. The van der Waals surface area contributed by atoms with Crippen molar-refractivity contribution in [2.45, 2.75) is 156 Å². The lowest BCUT2D eigenvalue weighted by Gasteiger charge is -2.48. The predicted molar refractivity (Wildman–Crippen MR) is 391 cm³/mol. The van der Waals surface area contributed by atoms with E-state index in [1.807, 2.05) is 117 Å². The summed E-state index contributed by atoms with van der Waals surface area (Å²) >= 11 is 0. The highest BCUT2D eigenvalue weighted by Crippen LogP contribution is 2.39. The molecule has 0 saturated carbocycles. The molecule has 3 fully saturated rings. The zero-order chi connectivity index (χ0) is 74.8. The van der Waals surface area contributed by atoms with E-state index in [1.165, 1.54) is 29.3 Å². The van der Waals surface area contributed by atoms with Crippen LogP contribution >= 0.6 is 0 Å². The molecule has 28 heteroatoms. The number of benzene rings is 1. The standard InChI is InChI=1S/C27H31FN6O2.C26H27FN8O2.C24H25FN6O/c1-15-13-34-14-18(9-20(34)16(2)30-15)17-10-21(35)24(29-12-17)19-7-8-23(32-31-19)36-22-11-26(3,4)33-27(5,6)25(22)28;1-14-13-35-24(30-14)15(11-28)8-18(33-35)16-9-19(36)22(29-12-16)17-6-7-21(32-31-17)37-20-10-25(2,3)34-26(4,5)23(20)27;1-14-6-15(2)12-31(11-14)22-5-4-20(27-28-22)24-21(32)9-17(10-26-24)16-7-18-13-30(3)29-23(18)19(25)8-16/h7-10,12-14,22,25,33,35H,11H2,1-6H3;6-9,12-13,20,23,34,36H,10H2,1-5H3;4-5,7-10,13-15,32H,6,11-12H2,1-3H3/t22-,25-;20-,23-;14-,15+/m00./s1. The highest BCUT2D eigenvalue weighted by molar-refractivity contribution is 5.85. The second-order valence-electron chi connectivity index (χ2n) is 30.3. The lowest BCUT2D eigenvalue weighted by atomic mass is 9.79. The summed E-state index contributed by atoms with van der Waals surface area (Å²) in [5.41, 5.74) is 8.66. The molecule has 105 heavy (non-hydrogen) atoms. The van der Waals surface area contributed by atoms with Crippen LogP contribution < -0.4 is 25.0 Å². The van der Waals surface area contributed by atoms with E-state index in [-0.39, 0.29) is 45.8 Å². The molecule has 5 N–H and O–H groups in total. The summed E-state index contributed by atoms with van der Waals surface area (Å²) in [6, 6.07) is 24.0. The minimum atomic E-state index is -1.24. The number of imidazole rings is 1. The van der Waals surface area contributed by atoms with Crippen LogP contribution in [-0.2, 0) is 7.05 Å². The number of ether oxygens (including phenoxy) is 2. The summed E-state index contributed by atoms with van der Waals surface area (Å²) in [5, 5.41) is 82.7. The van der Waals surface area contributed by atoms with Gasteiger partial charge in [0.1, 0.15) is 75.2 Å². The maximum atomic E-state index is 15.1. The van der Waals surface area contributed by atoms with Gasteiger partial charge >= 0.3 is 0 Å². The molecule has 3 aliphatic heterocycles. The number of hydrogen-bond donors (Lipinski definition) is 5. The maximum absolute atomic E-state index is 15.1. The normalized spacial score (nSPS) is 20.2. The molecule has 0 amide bonds. The van der Waals surface area contributed by atoms with Gasteiger partial charge in [0.25, 0.3) is 0 Å². The van der Waals surface area contributed by atoms with Gasteiger partial charge in [0.05, 0.1) is 40.1 Å². The average molecular weight is 1430 g/mol. The fraction of sp³-hybridized carbons (Fsp3) is 0.377. The average Bonchev–Trinajstić information content (AvgIpc) is 1.79. The lowest BCUT2D eigenvalue weighted by Crippen LogP contribution is -2.66. The van der Waals surface area contributed by atoms with Gasteiger partial charge in [-0.2, -0.15) is 15.5 Å². The fourth-order valence-corrected chi connectivity index (χ4v) is 14.8. The number of aryl methyl sites for hydroxylation is 4. The van der Waals surface area contributed by atoms with Crippen LogP contribution in [0, 0.1) is 49.8 Å². The minimum Gasteiger partial charge on any atom is -0.506 e. The van der Waals surface area contributed by atoms with Crippen molar-refractivity contribution < 1.29 is 38.0 Å². The number of aromatic nitrogens is 16. The number of pyridine rings is 3. The molecule has 3 aliphatic rings. The van der Waals surface area contributed by atoms with E-state index in [4.69, 9.17) is 9.47 Å². The lowest BCUT2D eigenvalue weighted by molar-refractivity contribution is -0.0283.